The van der Waals surface area contributed by atoms with Gasteiger partial charge in [0.25, 0.3) is 0 Å². The minimum absolute atomic E-state index is 0.0843. The molecule has 2 heterocycles. The lowest BCUT2D eigenvalue weighted by atomic mass is 9.91. The number of ether oxygens (including phenoxy) is 2. The molecule has 1 aromatic rings. The van der Waals surface area contributed by atoms with Crippen molar-refractivity contribution < 1.29 is 19.1 Å². The third-order valence-corrected chi connectivity index (χ3v) is 7.97. The average molecular weight is 523 g/mol. The third-order valence-electron chi connectivity index (χ3n) is 7.24. The fraction of sp³-hybridized carbons (Fsp3) is 0.667. The Hall–Kier alpha value is -1.84. The van der Waals surface area contributed by atoms with Crippen LogP contribution in [0.15, 0.2) is 16.6 Å². The van der Waals surface area contributed by atoms with Gasteiger partial charge in [0, 0.05) is 62.9 Å². The van der Waals surface area contributed by atoms with Gasteiger partial charge in [0.05, 0.1) is 27.2 Å². The van der Waals surface area contributed by atoms with Gasteiger partial charge in [-0.2, -0.15) is 0 Å². The molecule has 0 N–H and O–H groups in total. The summed E-state index contributed by atoms with van der Waals surface area (Å²) < 4.78 is 11.5. The smallest absolute Gasteiger partial charge is 0.236 e. The first-order chi connectivity index (χ1) is 16.0. The van der Waals surface area contributed by atoms with Crippen molar-refractivity contribution in [2.75, 3.05) is 73.1 Å². The molecule has 0 spiro atoms. The van der Waals surface area contributed by atoms with Crippen LogP contribution in [0.4, 0.5) is 0 Å². The first-order valence-electron chi connectivity index (χ1n) is 11.9. The predicted octanol–water partition coefficient (Wildman–Crippen LogP) is 1.85. The topological polar surface area (TPSA) is 65.6 Å². The molecule has 8 nitrogen and oxygen atoms in total. The number of hydrogen-bond acceptors (Lipinski definition) is 6. The molecule has 9 heteroatoms. The lowest BCUT2D eigenvalue weighted by molar-refractivity contribution is -0.136. The molecule has 2 saturated heterocycles. The zero-order valence-electron chi connectivity index (χ0n) is 19.7. The third kappa shape index (κ3) is 5.81. The summed E-state index contributed by atoms with van der Waals surface area (Å²) in [4.78, 5) is 34.3. The Morgan fingerprint density at radius 3 is 2.03 bits per heavy atom. The van der Waals surface area contributed by atoms with Crippen LogP contribution in [0.5, 0.6) is 11.5 Å². The fourth-order valence-corrected chi connectivity index (χ4v) is 5.30. The monoisotopic (exact) mass is 522 g/mol. The van der Waals surface area contributed by atoms with Crippen molar-refractivity contribution in [1.82, 2.24) is 19.6 Å². The number of halogens is 1. The van der Waals surface area contributed by atoms with Crippen LogP contribution < -0.4 is 9.47 Å². The van der Waals surface area contributed by atoms with Crippen molar-refractivity contribution in [3.8, 4) is 11.5 Å². The van der Waals surface area contributed by atoms with Crippen LogP contribution in [-0.4, -0.2) is 111 Å². The molecule has 0 radical (unpaired) electrons. The second-order valence-electron chi connectivity index (χ2n) is 9.13. The molecule has 3 fully saturated rings. The molecule has 182 valence electrons. The number of methoxy groups -OCH3 is 2. The second-order valence-corrected chi connectivity index (χ2v) is 9.99. The van der Waals surface area contributed by atoms with Gasteiger partial charge in [0.15, 0.2) is 11.5 Å². The van der Waals surface area contributed by atoms with Gasteiger partial charge < -0.3 is 19.3 Å². The molecule has 0 bridgehead atoms. The van der Waals surface area contributed by atoms with Crippen LogP contribution in [0, 0.1) is 0 Å². The number of carbonyl (C=O) groups is 2. The molecule has 2 aliphatic heterocycles. The van der Waals surface area contributed by atoms with Gasteiger partial charge in [-0.15, -0.1) is 0 Å². The normalized spacial score (nSPS) is 20.5. The SMILES string of the molecule is COc1cc(Br)c(CC(=O)N2CCN(CC(=O)N3CCN(C4CCC4)CC3)CC2)cc1OC. The summed E-state index contributed by atoms with van der Waals surface area (Å²) in [7, 11) is 3.18. The van der Waals surface area contributed by atoms with Crippen LogP contribution in [-0.2, 0) is 16.0 Å². The van der Waals surface area contributed by atoms with Crippen molar-refractivity contribution >= 4 is 27.7 Å². The zero-order chi connectivity index (χ0) is 23.4. The lowest BCUT2D eigenvalue weighted by Gasteiger charge is -2.43. The number of hydrogen-bond donors (Lipinski definition) is 0. The number of amides is 2. The molecule has 0 atom stereocenters. The van der Waals surface area contributed by atoms with Crippen molar-refractivity contribution in [1.29, 1.82) is 0 Å². The summed E-state index contributed by atoms with van der Waals surface area (Å²) in [5.41, 5.74) is 0.872. The Morgan fingerprint density at radius 2 is 1.45 bits per heavy atom. The van der Waals surface area contributed by atoms with Crippen LogP contribution in [0.25, 0.3) is 0 Å². The predicted molar refractivity (Wildman–Crippen MR) is 130 cm³/mol. The average Bonchev–Trinajstić information content (AvgIpc) is 2.79. The minimum Gasteiger partial charge on any atom is -0.493 e. The molecule has 2 amide bonds. The first kappa shape index (κ1) is 24.3. The Bertz CT molecular complexity index is 847. The largest absolute Gasteiger partial charge is 0.493 e. The van der Waals surface area contributed by atoms with Crippen molar-refractivity contribution in [2.24, 2.45) is 0 Å². The summed E-state index contributed by atoms with van der Waals surface area (Å²) >= 11 is 3.54. The van der Waals surface area contributed by atoms with E-state index in [4.69, 9.17) is 9.47 Å². The molecule has 3 aliphatic rings. The van der Waals surface area contributed by atoms with Crippen molar-refractivity contribution in [3.05, 3.63) is 22.2 Å². The fourth-order valence-electron chi connectivity index (χ4n) is 4.84. The summed E-state index contributed by atoms with van der Waals surface area (Å²) in [6.07, 6.45) is 4.29. The Labute approximate surface area is 204 Å². The molecule has 1 saturated carbocycles. The molecule has 0 unspecified atom stereocenters. The summed E-state index contributed by atoms with van der Waals surface area (Å²) in [6.45, 7) is 6.89. The van der Waals surface area contributed by atoms with E-state index in [0.717, 1.165) is 55.3 Å². The minimum atomic E-state index is 0.0843. The Morgan fingerprint density at radius 1 is 0.879 bits per heavy atom. The van der Waals surface area contributed by atoms with Crippen LogP contribution in [0.1, 0.15) is 24.8 Å². The van der Waals surface area contributed by atoms with E-state index in [0.29, 0.717) is 37.6 Å². The maximum absolute atomic E-state index is 12.9. The molecular weight excluding hydrogens is 488 g/mol. The quantitative estimate of drug-likeness (QED) is 0.544. The molecule has 0 aromatic heterocycles. The van der Waals surface area contributed by atoms with E-state index in [1.165, 1.54) is 19.3 Å². The maximum atomic E-state index is 12.9. The van der Waals surface area contributed by atoms with Gasteiger partial charge in [-0.1, -0.05) is 22.4 Å². The van der Waals surface area contributed by atoms with E-state index in [1.807, 2.05) is 21.9 Å². The van der Waals surface area contributed by atoms with Crippen molar-refractivity contribution in [2.45, 2.75) is 31.7 Å². The van der Waals surface area contributed by atoms with Gasteiger partial charge in [-0.25, -0.2) is 0 Å². The summed E-state index contributed by atoms with van der Waals surface area (Å²) in [5, 5.41) is 0. The Balaban J connectivity index is 1.22. The summed E-state index contributed by atoms with van der Waals surface area (Å²) in [6, 6.07) is 4.43. The van der Waals surface area contributed by atoms with E-state index in [9.17, 15) is 9.59 Å². The van der Waals surface area contributed by atoms with Crippen LogP contribution in [0.2, 0.25) is 0 Å². The van der Waals surface area contributed by atoms with Crippen LogP contribution in [0.3, 0.4) is 0 Å². The van der Waals surface area contributed by atoms with Gasteiger partial charge in [0.1, 0.15) is 0 Å². The molecule has 1 aromatic carbocycles. The second kappa shape index (κ2) is 11.1. The highest BCUT2D eigenvalue weighted by molar-refractivity contribution is 9.10. The zero-order valence-corrected chi connectivity index (χ0v) is 21.3. The lowest BCUT2D eigenvalue weighted by Crippen LogP contribution is -2.56. The number of benzene rings is 1. The van der Waals surface area contributed by atoms with E-state index in [2.05, 4.69) is 25.7 Å². The van der Waals surface area contributed by atoms with E-state index < -0.39 is 0 Å². The summed E-state index contributed by atoms with van der Waals surface area (Å²) in [5.74, 6) is 1.54. The highest BCUT2D eigenvalue weighted by atomic mass is 79.9. The molecule has 33 heavy (non-hydrogen) atoms. The highest BCUT2D eigenvalue weighted by Gasteiger charge is 2.30. The number of rotatable bonds is 7. The van der Waals surface area contributed by atoms with E-state index in [-0.39, 0.29) is 11.8 Å². The van der Waals surface area contributed by atoms with E-state index in [1.54, 1.807) is 14.2 Å². The van der Waals surface area contributed by atoms with Gasteiger partial charge in [-0.05, 0) is 30.5 Å². The Kier molecular flexibility index (Phi) is 8.14. The van der Waals surface area contributed by atoms with Crippen molar-refractivity contribution in [3.63, 3.8) is 0 Å². The maximum Gasteiger partial charge on any atom is 0.236 e. The van der Waals surface area contributed by atoms with Gasteiger partial charge in [0.2, 0.25) is 11.8 Å². The number of nitrogens with zero attached hydrogens (tertiary/aromatic N) is 4. The molecular formula is C24H35BrN4O4. The van der Waals surface area contributed by atoms with E-state index >= 15 is 0 Å². The number of piperazine rings is 2. The first-order valence-corrected chi connectivity index (χ1v) is 12.7. The van der Waals surface area contributed by atoms with Gasteiger partial charge in [-0.3, -0.25) is 19.4 Å². The molecule has 1 aliphatic carbocycles. The molecule has 4 rings (SSSR count). The highest BCUT2D eigenvalue weighted by Crippen LogP contribution is 2.33. The van der Waals surface area contributed by atoms with Gasteiger partial charge >= 0.3 is 0 Å². The standard InChI is InChI=1S/C24H35BrN4O4/c1-32-21-14-18(20(25)16-22(21)33-2)15-23(30)28-8-6-26(7-9-28)17-24(31)29-12-10-27(11-13-29)19-4-3-5-19/h14,16,19H,3-13,15,17H2,1-2H3. The van der Waals surface area contributed by atoms with Crippen LogP contribution >= 0.6 is 15.9 Å². The number of carbonyl (C=O) groups excluding carboxylic acids is 2.